The number of anilines is 1. The van der Waals surface area contributed by atoms with Crippen molar-refractivity contribution in [3.63, 3.8) is 0 Å². The molecule has 2 aromatic rings. The van der Waals surface area contributed by atoms with Crippen molar-refractivity contribution in [1.82, 2.24) is 0 Å². The zero-order valence-electron chi connectivity index (χ0n) is 15.4. The van der Waals surface area contributed by atoms with Crippen molar-refractivity contribution in [2.75, 3.05) is 18.6 Å². The maximum atomic E-state index is 12.6. The normalized spacial score (nSPS) is 16.1. The van der Waals surface area contributed by atoms with E-state index in [1.54, 1.807) is 29.2 Å². The van der Waals surface area contributed by atoms with Crippen molar-refractivity contribution in [2.24, 2.45) is 5.16 Å². The van der Waals surface area contributed by atoms with Crippen molar-refractivity contribution in [2.45, 2.75) is 25.8 Å². The van der Waals surface area contributed by atoms with E-state index in [-0.39, 0.29) is 18.6 Å². The van der Waals surface area contributed by atoms with Crippen LogP contribution in [0.1, 0.15) is 34.8 Å². The van der Waals surface area contributed by atoms with Crippen LogP contribution < -0.4 is 4.90 Å². The number of amides is 1. The third kappa shape index (κ3) is 4.34. The number of oxime groups is 1. The van der Waals surface area contributed by atoms with Crippen molar-refractivity contribution in [3.8, 4) is 0 Å². The maximum Gasteiger partial charge on any atom is 0.337 e. The molecule has 0 bridgehead atoms. The van der Waals surface area contributed by atoms with Gasteiger partial charge in [0, 0.05) is 11.7 Å². The lowest BCUT2D eigenvalue weighted by Gasteiger charge is -2.34. The number of carbonyl (C=O) groups is 2. The molecule has 6 nitrogen and oxygen atoms in total. The third-order valence-electron chi connectivity index (χ3n) is 4.59. The van der Waals surface area contributed by atoms with Gasteiger partial charge < -0.3 is 14.5 Å². The zero-order valence-corrected chi connectivity index (χ0v) is 15.4. The number of ether oxygens (including phenoxy) is 1. The van der Waals surface area contributed by atoms with Crippen LogP contribution in [0.2, 0.25) is 0 Å². The number of para-hydroxylation sites is 1. The first kappa shape index (κ1) is 18.6. The molecular formula is C21H22N2O4. The highest BCUT2D eigenvalue weighted by atomic mass is 16.6. The number of methoxy groups -OCH3 is 1. The molecule has 6 heteroatoms. The number of hydrogen-bond donors (Lipinski definition) is 0. The number of fused-ring (bicyclic) bond motifs is 1. The Balaban J connectivity index is 1.58. The molecule has 0 radical (unpaired) electrons. The van der Waals surface area contributed by atoms with Crippen molar-refractivity contribution in [3.05, 3.63) is 65.2 Å². The van der Waals surface area contributed by atoms with Gasteiger partial charge in [0.25, 0.3) is 5.91 Å². The summed E-state index contributed by atoms with van der Waals surface area (Å²) < 4.78 is 4.65. The minimum Gasteiger partial charge on any atom is -0.465 e. The smallest absolute Gasteiger partial charge is 0.337 e. The molecule has 1 heterocycles. The number of rotatable bonds is 5. The molecule has 2 aromatic carbocycles. The van der Waals surface area contributed by atoms with E-state index in [2.05, 4.69) is 16.0 Å². The largest absolute Gasteiger partial charge is 0.465 e. The lowest BCUT2D eigenvalue weighted by Crippen LogP contribution is -2.43. The summed E-state index contributed by atoms with van der Waals surface area (Å²) in [5.74, 6) is -0.510. The van der Waals surface area contributed by atoms with Crippen LogP contribution >= 0.6 is 0 Å². The van der Waals surface area contributed by atoms with Crippen LogP contribution in [0.25, 0.3) is 0 Å². The fraction of sp³-hybridized carbons (Fsp3) is 0.286. The van der Waals surface area contributed by atoms with Gasteiger partial charge in [-0.1, -0.05) is 35.5 Å². The fourth-order valence-corrected chi connectivity index (χ4v) is 3.15. The molecule has 0 spiro atoms. The summed E-state index contributed by atoms with van der Waals surface area (Å²) in [6.45, 7) is 1.91. The van der Waals surface area contributed by atoms with Crippen LogP contribution in [0.15, 0.2) is 53.7 Å². The van der Waals surface area contributed by atoms with Crippen molar-refractivity contribution >= 4 is 23.8 Å². The molecule has 1 amide bonds. The third-order valence-corrected chi connectivity index (χ3v) is 4.59. The lowest BCUT2D eigenvalue weighted by molar-refractivity contribution is -0.123. The van der Waals surface area contributed by atoms with Gasteiger partial charge in [-0.05, 0) is 49.1 Å². The van der Waals surface area contributed by atoms with E-state index in [0.717, 1.165) is 24.1 Å². The highest BCUT2D eigenvalue weighted by Crippen LogP contribution is 2.30. The Bertz CT molecular complexity index is 846. The lowest BCUT2D eigenvalue weighted by atomic mass is 9.96. The van der Waals surface area contributed by atoms with Gasteiger partial charge in [-0.15, -0.1) is 0 Å². The predicted molar refractivity (Wildman–Crippen MR) is 103 cm³/mol. The van der Waals surface area contributed by atoms with Gasteiger partial charge in [-0.2, -0.15) is 0 Å². The number of carbonyl (C=O) groups excluding carboxylic acids is 2. The summed E-state index contributed by atoms with van der Waals surface area (Å²) in [7, 11) is 1.34. The SMILES string of the molecule is COC(=O)c1ccc(/C=N/OCC(=O)N2c3ccccc3CCC2C)cc1. The van der Waals surface area contributed by atoms with E-state index in [1.807, 2.05) is 25.1 Å². The van der Waals surface area contributed by atoms with Gasteiger partial charge in [-0.3, -0.25) is 4.79 Å². The Morgan fingerprint density at radius 3 is 2.67 bits per heavy atom. The van der Waals surface area contributed by atoms with Crippen LogP contribution in [0, 0.1) is 0 Å². The van der Waals surface area contributed by atoms with Gasteiger partial charge >= 0.3 is 5.97 Å². The van der Waals surface area contributed by atoms with Crippen LogP contribution in [0.5, 0.6) is 0 Å². The molecule has 0 aliphatic carbocycles. The summed E-state index contributed by atoms with van der Waals surface area (Å²) in [5, 5.41) is 3.86. The minimum atomic E-state index is -0.392. The Labute approximate surface area is 158 Å². The molecule has 27 heavy (non-hydrogen) atoms. The molecule has 3 rings (SSSR count). The van der Waals surface area contributed by atoms with Crippen LogP contribution in [-0.4, -0.2) is 37.8 Å². The number of nitrogens with zero attached hydrogens (tertiary/aromatic N) is 2. The van der Waals surface area contributed by atoms with Gasteiger partial charge in [0.2, 0.25) is 0 Å². The monoisotopic (exact) mass is 366 g/mol. The van der Waals surface area contributed by atoms with E-state index in [1.165, 1.54) is 18.9 Å². The van der Waals surface area contributed by atoms with Crippen LogP contribution in [0.4, 0.5) is 5.69 Å². The number of hydrogen-bond acceptors (Lipinski definition) is 5. The molecule has 1 atom stereocenters. The minimum absolute atomic E-state index is 0.118. The summed E-state index contributed by atoms with van der Waals surface area (Å²) in [6.07, 6.45) is 3.40. The van der Waals surface area contributed by atoms with E-state index in [4.69, 9.17) is 4.84 Å². The average Bonchev–Trinajstić information content (AvgIpc) is 2.70. The fourth-order valence-electron chi connectivity index (χ4n) is 3.15. The second-order valence-corrected chi connectivity index (χ2v) is 6.40. The first-order valence-corrected chi connectivity index (χ1v) is 8.84. The van der Waals surface area contributed by atoms with Crippen LogP contribution in [0.3, 0.4) is 0 Å². The van der Waals surface area contributed by atoms with E-state index >= 15 is 0 Å². The average molecular weight is 366 g/mol. The highest BCUT2D eigenvalue weighted by molar-refractivity contribution is 5.96. The molecule has 1 aliphatic rings. The predicted octanol–water partition coefficient (Wildman–Crippen LogP) is 3.19. The van der Waals surface area contributed by atoms with Gasteiger partial charge in [0.15, 0.2) is 6.61 Å². The molecule has 140 valence electrons. The van der Waals surface area contributed by atoms with Crippen molar-refractivity contribution < 1.29 is 19.2 Å². The molecule has 1 unspecified atom stereocenters. The first-order chi connectivity index (χ1) is 13.1. The standard InChI is InChI=1S/C21H22N2O4/c1-15-7-10-17-5-3-4-6-19(17)23(15)20(24)14-27-22-13-16-8-11-18(12-9-16)21(25)26-2/h3-6,8-9,11-13,15H,7,10,14H2,1-2H3/b22-13+. The second-order valence-electron chi connectivity index (χ2n) is 6.40. The Hall–Kier alpha value is -3.15. The van der Waals surface area contributed by atoms with E-state index in [0.29, 0.717) is 5.56 Å². The number of esters is 1. The summed E-state index contributed by atoms with van der Waals surface area (Å²) >= 11 is 0. The molecule has 0 saturated carbocycles. The Morgan fingerprint density at radius 2 is 1.93 bits per heavy atom. The molecule has 1 aliphatic heterocycles. The van der Waals surface area contributed by atoms with Crippen LogP contribution in [-0.2, 0) is 20.8 Å². The maximum absolute atomic E-state index is 12.6. The Kier molecular flexibility index (Phi) is 5.86. The molecule has 0 aromatic heterocycles. The Morgan fingerprint density at radius 1 is 1.19 bits per heavy atom. The summed E-state index contributed by atoms with van der Waals surface area (Å²) in [5.41, 5.74) is 3.35. The zero-order chi connectivity index (χ0) is 19.2. The summed E-state index contributed by atoms with van der Waals surface area (Å²) in [6, 6.07) is 14.8. The first-order valence-electron chi connectivity index (χ1n) is 8.84. The van der Waals surface area contributed by atoms with E-state index in [9.17, 15) is 9.59 Å². The molecule has 0 saturated heterocycles. The van der Waals surface area contributed by atoms with Gasteiger partial charge in [0.05, 0.1) is 18.9 Å². The van der Waals surface area contributed by atoms with Gasteiger partial charge in [-0.25, -0.2) is 4.79 Å². The van der Waals surface area contributed by atoms with E-state index < -0.39 is 5.97 Å². The molecule has 0 fully saturated rings. The molecular weight excluding hydrogens is 344 g/mol. The second kappa shape index (κ2) is 8.49. The number of benzene rings is 2. The van der Waals surface area contributed by atoms with Crippen molar-refractivity contribution in [1.29, 1.82) is 0 Å². The molecule has 0 N–H and O–H groups in total. The number of aryl methyl sites for hydroxylation is 1. The van der Waals surface area contributed by atoms with Gasteiger partial charge in [0.1, 0.15) is 0 Å². The topological polar surface area (TPSA) is 68.2 Å². The quantitative estimate of drug-likeness (QED) is 0.463. The highest BCUT2D eigenvalue weighted by Gasteiger charge is 2.28. The summed E-state index contributed by atoms with van der Waals surface area (Å²) in [4.78, 5) is 31.0.